The van der Waals surface area contributed by atoms with Crippen LogP contribution in [-0.2, 0) is 6.42 Å². The third kappa shape index (κ3) is 7.77. The van der Waals surface area contributed by atoms with Crippen LogP contribution < -0.4 is 20.5 Å². The Morgan fingerprint density at radius 2 is 1.87 bits per heavy atom. The monoisotopic (exact) mass is 321 g/mol. The van der Waals surface area contributed by atoms with E-state index in [1.54, 1.807) is 14.2 Å². The van der Waals surface area contributed by atoms with Crippen molar-refractivity contribution in [2.24, 2.45) is 10.7 Å². The first-order chi connectivity index (χ1) is 11.2. The molecule has 0 amide bonds. The highest BCUT2D eigenvalue weighted by molar-refractivity contribution is 5.77. The second-order valence-electron chi connectivity index (χ2n) is 5.55. The molecule has 0 saturated carbocycles. The number of nitrogens with one attached hydrogen (secondary N) is 1. The molecular weight excluding hydrogens is 290 g/mol. The largest absolute Gasteiger partial charge is 0.493 e. The van der Waals surface area contributed by atoms with E-state index in [0.717, 1.165) is 43.9 Å². The van der Waals surface area contributed by atoms with Gasteiger partial charge in [-0.1, -0.05) is 32.3 Å². The SMILES string of the molecule is CCCCCCNC(N)=NCCCc1ccc(OC)c(OC)c1. The molecule has 0 saturated heterocycles. The van der Waals surface area contributed by atoms with Crippen LogP contribution in [0.2, 0.25) is 0 Å². The Bertz CT molecular complexity index is 475. The molecule has 3 N–H and O–H groups in total. The van der Waals surface area contributed by atoms with Gasteiger partial charge in [-0.25, -0.2) is 0 Å². The number of rotatable bonds is 11. The van der Waals surface area contributed by atoms with Crippen molar-refractivity contribution in [3.8, 4) is 11.5 Å². The zero-order chi connectivity index (χ0) is 16.9. The smallest absolute Gasteiger partial charge is 0.188 e. The number of aliphatic imine (C=N–C) groups is 1. The van der Waals surface area contributed by atoms with Crippen LogP contribution in [0.1, 0.15) is 44.6 Å². The number of nitrogens with two attached hydrogens (primary N) is 1. The maximum Gasteiger partial charge on any atom is 0.188 e. The fourth-order valence-corrected chi connectivity index (χ4v) is 2.34. The quantitative estimate of drug-likeness (QED) is 0.373. The number of hydrogen-bond donors (Lipinski definition) is 2. The number of ether oxygens (including phenoxy) is 2. The van der Waals surface area contributed by atoms with Crippen molar-refractivity contribution < 1.29 is 9.47 Å². The van der Waals surface area contributed by atoms with E-state index >= 15 is 0 Å². The third-order valence-corrected chi connectivity index (χ3v) is 3.69. The summed E-state index contributed by atoms with van der Waals surface area (Å²) in [5.41, 5.74) is 7.07. The van der Waals surface area contributed by atoms with Crippen molar-refractivity contribution >= 4 is 5.96 Å². The molecule has 23 heavy (non-hydrogen) atoms. The molecular formula is C18H31N3O2. The van der Waals surface area contributed by atoms with E-state index in [-0.39, 0.29) is 0 Å². The van der Waals surface area contributed by atoms with Gasteiger partial charge < -0.3 is 20.5 Å². The molecule has 1 rings (SSSR count). The summed E-state index contributed by atoms with van der Waals surface area (Å²) < 4.78 is 10.5. The standard InChI is InChI=1S/C18H31N3O2/c1-4-5-6-7-12-20-18(19)21-13-8-9-15-10-11-16(22-2)17(14-15)23-3/h10-11,14H,4-9,12-13H2,1-3H3,(H3,19,20,21). The van der Waals surface area contributed by atoms with Gasteiger partial charge in [0.25, 0.3) is 0 Å². The molecule has 0 aromatic heterocycles. The Hall–Kier alpha value is -1.91. The second kappa shape index (κ2) is 11.6. The van der Waals surface area contributed by atoms with Crippen molar-refractivity contribution in [3.63, 3.8) is 0 Å². The van der Waals surface area contributed by atoms with E-state index in [1.165, 1.54) is 24.8 Å². The predicted octanol–water partition coefficient (Wildman–Crippen LogP) is 3.12. The van der Waals surface area contributed by atoms with Crippen molar-refractivity contribution in [1.29, 1.82) is 0 Å². The van der Waals surface area contributed by atoms with Crippen molar-refractivity contribution in [2.45, 2.75) is 45.4 Å². The predicted molar refractivity (Wildman–Crippen MR) is 96.5 cm³/mol. The van der Waals surface area contributed by atoms with Gasteiger partial charge in [0, 0.05) is 13.1 Å². The Morgan fingerprint density at radius 3 is 2.57 bits per heavy atom. The van der Waals surface area contributed by atoms with E-state index < -0.39 is 0 Å². The normalized spacial score (nSPS) is 11.3. The first-order valence-electron chi connectivity index (χ1n) is 8.46. The molecule has 5 heteroatoms. The molecule has 5 nitrogen and oxygen atoms in total. The summed E-state index contributed by atoms with van der Waals surface area (Å²) in [6, 6.07) is 6.00. The van der Waals surface area contributed by atoms with Crippen LogP contribution in [0.4, 0.5) is 0 Å². The molecule has 0 spiro atoms. The van der Waals surface area contributed by atoms with Gasteiger partial charge in [0.2, 0.25) is 0 Å². The lowest BCUT2D eigenvalue weighted by atomic mass is 10.1. The molecule has 0 bridgehead atoms. The minimum atomic E-state index is 0.550. The summed E-state index contributed by atoms with van der Waals surface area (Å²) in [7, 11) is 3.29. The average molecular weight is 321 g/mol. The summed E-state index contributed by atoms with van der Waals surface area (Å²) in [6.07, 6.45) is 6.82. The highest BCUT2D eigenvalue weighted by Crippen LogP contribution is 2.27. The maximum absolute atomic E-state index is 5.85. The van der Waals surface area contributed by atoms with E-state index in [0.29, 0.717) is 5.96 Å². The van der Waals surface area contributed by atoms with Crippen LogP contribution in [0.25, 0.3) is 0 Å². The number of hydrogen-bond acceptors (Lipinski definition) is 3. The van der Waals surface area contributed by atoms with Crippen LogP contribution in [-0.4, -0.2) is 33.3 Å². The lowest BCUT2D eigenvalue weighted by Crippen LogP contribution is -2.32. The van der Waals surface area contributed by atoms with Crippen molar-refractivity contribution in [3.05, 3.63) is 23.8 Å². The van der Waals surface area contributed by atoms with Crippen LogP contribution in [0.15, 0.2) is 23.2 Å². The number of benzene rings is 1. The lowest BCUT2D eigenvalue weighted by molar-refractivity contribution is 0.354. The average Bonchev–Trinajstić information content (AvgIpc) is 2.58. The van der Waals surface area contributed by atoms with Crippen molar-refractivity contribution in [1.82, 2.24) is 5.32 Å². The van der Waals surface area contributed by atoms with Gasteiger partial charge in [-0.15, -0.1) is 0 Å². The summed E-state index contributed by atoms with van der Waals surface area (Å²) in [4.78, 5) is 4.36. The van der Waals surface area contributed by atoms with E-state index in [2.05, 4.69) is 23.3 Å². The Balaban J connectivity index is 2.26. The molecule has 0 aliphatic carbocycles. The van der Waals surface area contributed by atoms with Crippen LogP contribution in [0.5, 0.6) is 11.5 Å². The zero-order valence-corrected chi connectivity index (χ0v) is 14.7. The first-order valence-corrected chi connectivity index (χ1v) is 8.46. The second-order valence-corrected chi connectivity index (χ2v) is 5.55. The molecule has 0 aliphatic heterocycles. The maximum atomic E-state index is 5.85. The lowest BCUT2D eigenvalue weighted by Gasteiger charge is -2.09. The minimum absolute atomic E-state index is 0.550. The van der Waals surface area contributed by atoms with Gasteiger partial charge in [-0.2, -0.15) is 0 Å². The molecule has 1 aromatic rings. The summed E-state index contributed by atoms with van der Waals surface area (Å²) in [5, 5.41) is 3.16. The minimum Gasteiger partial charge on any atom is -0.493 e. The summed E-state index contributed by atoms with van der Waals surface area (Å²) >= 11 is 0. The zero-order valence-electron chi connectivity index (χ0n) is 14.7. The van der Waals surface area contributed by atoms with Crippen LogP contribution >= 0.6 is 0 Å². The van der Waals surface area contributed by atoms with Gasteiger partial charge in [0.1, 0.15) is 0 Å². The fourth-order valence-electron chi connectivity index (χ4n) is 2.34. The van der Waals surface area contributed by atoms with E-state index in [4.69, 9.17) is 15.2 Å². The van der Waals surface area contributed by atoms with E-state index in [9.17, 15) is 0 Å². The summed E-state index contributed by atoms with van der Waals surface area (Å²) in [5.74, 6) is 2.07. The number of methoxy groups -OCH3 is 2. The van der Waals surface area contributed by atoms with Gasteiger partial charge in [0.05, 0.1) is 14.2 Å². The molecule has 1 aromatic carbocycles. The molecule has 0 unspecified atom stereocenters. The Morgan fingerprint density at radius 1 is 1.09 bits per heavy atom. The topological polar surface area (TPSA) is 68.9 Å². The van der Waals surface area contributed by atoms with E-state index in [1.807, 2.05) is 12.1 Å². The molecule has 0 radical (unpaired) electrons. The van der Waals surface area contributed by atoms with Gasteiger partial charge in [-0.3, -0.25) is 4.99 Å². The van der Waals surface area contributed by atoms with Gasteiger partial charge in [-0.05, 0) is 37.0 Å². The molecule has 0 heterocycles. The summed E-state index contributed by atoms with van der Waals surface area (Å²) in [6.45, 7) is 3.84. The Labute approximate surface area is 140 Å². The van der Waals surface area contributed by atoms with Crippen LogP contribution in [0, 0.1) is 0 Å². The number of nitrogens with zero attached hydrogens (tertiary/aromatic N) is 1. The third-order valence-electron chi connectivity index (χ3n) is 3.69. The molecule has 0 aliphatic rings. The molecule has 0 fully saturated rings. The first kappa shape index (κ1) is 19.1. The van der Waals surface area contributed by atoms with Crippen molar-refractivity contribution in [2.75, 3.05) is 27.3 Å². The fraction of sp³-hybridized carbons (Fsp3) is 0.611. The number of guanidine groups is 1. The molecule has 0 atom stereocenters. The highest BCUT2D eigenvalue weighted by atomic mass is 16.5. The highest BCUT2D eigenvalue weighted by Gasteiger charge is 2.04. The Kier molecular flexibility index (Phi) is 9.68. The molecule has 130 valence electrons. The van der Waals surface area contributed by atoms with Gasteiger partial charge >= 0.3 is 0 Å². The van der Waals surface area contributed by atoms with Crippen LogP contribution in [0.3, 0.4) is 0 Å². The number of unbranched alkanes of at least 4 members (excludes halogenated alkanes) is 3. The van der Waals surface area contributed by atoms with Gasteiger partial charge in [0.15, 0.2) is 17.5 Å². The number of aryl methyl sites for hydroxylation is 1.